The highest BCUT2D eigenvalue weighted by Crippen LogP contribution is 2.30. The zero-order valence-electron chi connectivity index (χ0n) is 19.8. The summed E-state index contributed by atoms with van der Waals surface area (Å²) in [6.07, 6.45) is -3.30. The minimum absolute atomic E-state index is 0.0748. The Morgan fingerprint density at radius 1 is 1.28 bits per heavy atom. The molecule has 39 heavy (non-hydrogen) atoms. The van der Waals surface area contributed by atoms with Crippen LogP contribution in [0.4, 0.5) is 23.4 Å². The third-order valence-electron chi connectivity index (χ3n) is 5.71. The van der Waals surface area contributed by atoms with Crippen molar-refractivity contribution in [3.63, 3.8) is 0 Å². The molecule has 1 saturated carbocycles. The lowest BCUT2D eigenvalue weighted by atomic mass is 10.1. The predicted molar refractivity (Wildman–Crippen MR) is 127 cm³/mol. The number of ether oxygens (including phenoxy) is 1. The van der Waals surface area contributed by atoms with Gasteiger partial charge in [-0.25, -0.2) is 24.5 Å². The Balaban J connectivity index is 1.51. The number of aliphatic hydroxyl groups excluding tert-OH is 1. The van der Waals surface area contributed by atoms with E-state index in [1.165, 1.54) is 36.7 Å². The van der Waals surface area contributed by atoms with E-state index in [2.05, 4.69) is 23.9 Å². The zero-order valence-corrected chi connectivity index (χ0v) is 20.6. The number of aromatic nitrogens is 3. The van der Waals surface area contributed by atoms with Crippen molar-refractivity contribution in [3.8, 4) is 5.75 Å². The topological polar surface area (TPSA) is 159 Å². The first-order valence-electron chi connectivity index (χ1n) is 11.2. The van der Waals surface area contributed by atoms with Crippen LogP contribution in [-0.2, 0) is 21.0 Å². The summed E-state index contributed by atoms with van der Waals surface area (Å²) in [6, 6.07) is 6.86. The molecule has 0 amide bonds. The summed E-state index contributed by atoms with van der Waals surface area (Å²) in [5, 5.41) is 14.9. The van der Waals surface area contributed by atoms with Crippen molar-refractivity contribution in [3.05, 3.63) is 71.9 Å². The van der Waals surface area contributed by atoms with E-state index in [-0.39, 0.29) is 41.4 Å². The molecule has 0 saturated heterocycles. The second kappa shape index (κ2) is 11.2. The molecule has 3 atom stereocenters. The van der Waals surface area contributed by atoms with Gasteiger partial charge in [0.2, 0.25) is 0 Å². The number of aliphatic imine (C=N–C) groups is 1. The average molecular weight is 572 g/mol. The molecule has 11 nitrogen and oxygen atoms in total. The van der Waals surface area contributed by atoms with Gasteiger partial charge >= 0.3 is 16.7 Å². The number of hydrogen-bond donors (Lipinski definition) is 2. The Morgan fingerprint density at radius 3 is 2.77 bits per heavy atom. The standard InChI is InChI=1S/C23H21F4N5O6S/c24-19-18(7-15(21(19)34)11-37-39(28,35)36)31-22-17(8-29-12-30-22)20(33)14-4-5-32(10-14)9-13-2-1-3-16(6-13)38-23(25,26)27/h1-6,8,10,12,15,19,21,34H,7,9,11H2,(H2,28,35,36). The summed E-state index contributed by atoms with van der Waals surface area (Å²) in [4.78, 5) is 25.1. The maximum atomic E-state index is 14.7. The smallest absolute Gasteiger partial charge is 0.406 e. The molecule has 16 heteroatoms. The van der Waals surface area contributed by atoms with Gasteiger partial charge in [0.05, 0.1) is 24.0 Å². The van der Waals surface area contributed by atoms with Gasteiger partial charge in [0.1, 0.15) is 12.1 Å². The number of hydrogen-bond acceptors (Lipinski definition) is 9. The highest BCUT2D eigenvalue weighted by Gasteiger charge is 2.41. The molecule has 2 aromatic heterocycles. The number of carbonyl (C=O) groups is 1. The number of aliphatic hydroxyl groups is 1. The summed E-state index contributed by atoms with van der Waals surface area (Å²) in [5.41, 5.74) is 0.416. The Hall–Kier alpha value is -3.73. The largest absolute Gasteiger partial charge is 0.573 e. The Kier molecular flexibility index (Phi) is 8.10. The lowest BCUT2D eigenvalue weighted by Gasteiger charge is -2.13. The van der Waals surface area contributed by atoms with Crippen molar-refractivity contribution in [2.75, 3.05) is 6.61 Å². The van der Waals surface area contributed by atoms with E-state index in [0.717, 1.165) is 6.33 Å². The van der Waals surface area contributed by atoms with Crippen molar-refractivity contribution in [1.82, 2.24) is 14.5 Å². The van der Waals surface area contributed by atoms with Crippen LogP contribution in [0.2, 0.25) is 0 Å². The molecule has 0 spiro atoms. The number of nitrogens with two attached hydrogens (primary N) is 1. The van der Waals surface area contributed by atoms with Gasteiger partial charge in [-0.3, -0.25) is 8.98 Å². The normalized spacial score (nSPS) is 20.9. The number of alkyl halides is 4. The van der Waals surface area contributed by atoms with Crippen molar-refractivity contribution in [2.24, 2.45) is 16.0 Å². The second-order valence-electron chi connectivity index (χ2n) is 8.59. The molecule has 0 radical (unpaired) electrons. The zero-order chi connectivity index (χ0) is 28.4. The first-order valence-corrected chi connectivity index (χ1v) is 12.7. The molecule has 3 aromatic rings. The molecule has 1 fully saturated rings. The fraction of sp³-hybridized carbons (Fsp3) is 0.304. The van der Waals surface area contributed by atoms with E-state index in [0.29, 0.717) is 5.56 Å². The van der Waals surface area contributed by atoms with Gasteiger partial charge in [-0.05, 0) is 30.2 Å². The van der Waals surface area contributed by atoms with Crippen molar-refractivity contribution in [2.45, 2.75) is 31.6 Å². The minimum atomic E-state index is -4.83. The number of benzene rings is 1. The van der Waals surface area contributed by atoms with Gasteiger partial charge in [0, 0.05) is 36.6 Å². The third kappa shape index (κ3) is 7.44. The number of carbonyl (C=O) groups excluding carboxylic acids is 1. The van der Waals surface area contributed by atoms with Crippen LogP contribution in [0.3, 0.4) is 0 Å². The Morgan fingerprint density at radius 2 is 2.05 bits per heavy atom. The van der Waals surface area contributed by atoms with E-state index in [4.69, 9.17) is 5.14 Å². The molecule has 3 N–H and O–H groups in total. The van der Waals surface area contributed by atoms with E-state index in [1.54, 1.807) is 16.8 Å². The monoisotopic (exact) mass is 571 g/mol. The lowest BCUT2D eigenvalue weighted by Crippen LogP contribution is -2.29. The average Bonchev–Trinajstić information content (AvgIpc) is 3.41. The van der Waals surface area contributed by atoms with Crippen LogP contribution in [-0.4, -0.2) is 64.8 Å². The summed E-state index contributed by atoms with van der Waals surface area (Å²) < 4.78 is 84.2. The van der Waals surface area contributed by atoms with Crippen molar-refractivity contribution >= 4 is 27.6 Å². The van der Waals surface area contributed by atoms with Gasteiger partial charge in [-0.1, -0.05) is 12.1 Å². The Labute approximate surface area is 219 Å². The first-order chi connectivity index (χ1) is 18.3. The summed E-state index contributed by atoms with van der Waals surface area (Å²) in [6.45, 7) is -0.431. The van der Waals surface area contributed by atoms with E-state index in [9.17, 15) is 35.9 Å². The second-order valence-corrected chi connectivity index (χ2v) is 9.82. The maximum absolute atomic E-state index is 14.7. The van der Waals surface area contributed by atoms with Crippen LogP contribution >= 0.6 is 0 Å². The molecule has 2 heterocycles. The highest BCUT2D eigenvalue weighted by molar-refractivity contribution is 7.84. The Bertz CT molecular complexity index is 1490. The lowest BCUT2D eigenvalue weighted by molar-refractivity contribution is -0.274. The fourth-order valence-corrected chi connectivity index (χ4v) is 4.34. The molecule has 3 unspecified atom stereocenters. The van der Waals surface area contributed by atoms with Crippen LogP contribution in [0.15, 0.2) is 60.2 Å². The van der Waals surface area contributed by atoms with Crippen molar-refractivity contribution < 1.29 is 44.8 Å². The highest BCUT2D eigenvalue weighted by atomic mass is 32.2. The summed E-state index contributed by atoms with van der Waals surface area (Å²) in [5.74, 6) is -2.06. The molecule has 0 aliphatic heterocycles. The van der Waals surface area contributed by atoms with E-state index >= 15 is 0 Å². The van der Waals surface area contributed by atoms with Gasteiger partial charge in [-0.2, -0.15) is 8.42 Å². The minimum Gasteiger partial charge on any atom is -0.406 e. The SMILES string of the molecule is NS(=O)(=O)OCC1CC(=Nc2ncncc2C(=O)c2ccn(Cc3cccc(OC(F)(F)F)c3)c2)C(F)C1O. The first kappa shape index (κ1) is 28.3. The van der Waals surface area contributed by atoms with Crippen LogP contribution in [0.1, 0.15) is 27.9 Å². The van der Waals surface area contributed by atoms with Crippen LogP contribution in [0.5, 0.6) is 5.75 Å². The summed E-state index contributed by atoms with van der Waals surface area (Å²) >= 11 is 0. The van der Waals surface area contributed by atoms with E-state index in [1.807, 2.05) is 0 Å². The van der Waals surface area contributed by atoms with Gasteiger partial charge < -0.3 is 14.4 Å². The molecule has 1 aliphatic carbocycles. The maximum Gasteiger partial charge on any atom is 0.573 e. The molecule has 1 aliphatic rings. The van der Waals surface area contributed by atoms with Crippen LogP contribution < -0.4 is 9.88 Å². The van der Waals surface area contributed by atoms with Crippen LogP contribution in [0, 0.1) is 5.92 Å². The third-order valence-corrected chi connectivity index (χ3v) is 6.18. The summed E-state index contributed by atoms with van der Waals surface area (Å²) in [7, 11) is -4.30. The molecular weight excluding hydrogens is 550 g/mol. The predicted octanol–water partition coefficient (Wildman–Crippen LogP) is 2.47. The number of rotatable bonds is 9. The van der Waals surface area contributed by atoms with Gasteiger partial charge in [0.25, 0.3) is 0 Å². The van der Waals surface area contributed by atoms with Crippen LogP contribution in [0.25, 0.3) is 0 Å². The molecule has 1 aromatic carbocycles. The molecule has 4 rings (SSSR count). The van der Waals surface area contributed by atoms with E-state index < -0.39 is 47.3 Å². The number of halogens is 4. The van der Waals surface area contributed by atoms with Gasteiger partial charge in [0.15, 0.2) is 17.8 Å². The number of nitrogens with zero attached hydrogens (tertiary/aromatic N) is 4. The molecule has 0 bridgehead atoms. The molecular formula is C23H21F4N5O6S. The van der Waals surface area contributed by atoms with Crippen molar-refractivity contribution in [1.29, 1.82) is 0 Å². The molecule has 208 valence electrons. The number of ketones is 1. The van der Waals surface area contributed by atoms with Gasteiger partial charge in [-0.15, -0.1) is 13.2 Å². The quantitative estimate of drug-likeness (QED) is 0.293. The fourth-order valence-electron chi connectivity index (χ4n) is 3.97.